The number of ketones is 1. The second-order valence-corrected chi connectivity index (χ2v) is 12.9. The average molecular weight is 579 g/mol. The maximum atomic E-state index is 14.4. The molecule has 2 aliphatic carbocycles. The number of rotatable bonds is 3. The number of hydrogen-bond acceptors (Lipinski definition) is 5. The fraction of sp³-hybridized carbons (Fsp3) is 0.371. The number of hydrogen-bond donors (Lipinski definition) is 2. The molecule has 2 aromatic carbocycles. The first-order chi connectivity index (χ1) is 20.8. The predicted molar refractivity (Wildman–Crippen MR) is 159 cm³/mol. The minimum absolute atomic E-state index is 0.0174. The summed E-state index contributed by atoms with van der Waals surface area (Å²) in [5, 5.41) is 7.48. The number of nitrogens with one attached hydrogen (secondary N) is 2. The zero-order valence-corrected chi connectivity index (χ0v) is 23.8. The fourth-order valence-electron chi connectivity index (χ4n) is 8.43. The van der Waals surface area contributed by atoms with Crippen LogP contribution in [-0.2, 0) is 34.3 Å². The van der Waals surface area contributed by atoms with E-state index in [4.69, 9.17) is 4.98 Å². The highest BCUT2D eigenvalue weighted by Gasteiger charge is 2.51. The van der Waals surface area contributed by atoms with Gasteiger partial charge in [0.1, 0.15) is 17.5 Å². The van der Waals surface area contributed by atoms with Crippen LogP contribution < -0.4 is 10.6 Å². The van der Waals surface area contributed by atoms with Gasteiger partial charge in [0.05, 0.1) is 16.5 Å². The largest absolute Gasteiger partial charge is 0.310 e. The molecule has 218 valence electrons. The molecule has 4 aliphatic rings. The topological polar surface area (TPSA) is 84.0 Å². The molecule has 1 saturated carbocycles. The maximum Gasteiger partial charge on any atom is 0.237 e. The maximum absolute atomic E-state index is 14.4. The number of aromatic nitrogens is 2. The van der Waals surface area contributed by atoms with Crippen LogP contribution in [0.4, 0.5) is 14.6 Å². The van der Waals surface area contributed by atoms with Crippen molar-refractivity contribution in [3.63, 3.8) is 0 Å². The summed E-state index contributed by atoms with van der Waals surface area (Å²) in [7, 11) is 0. The van der Waals surface area contributed by atoms with Gasteiger partial charge in [0.15, 0.2) is 5.78 Å². The molecule has 43 heavy (non-hydrogen) atoms. The minimum atomic E-state index is -0.658. The standard InChI is InChI=1S/C35H32F2N4O2/c36-25-13-21(14-26(37)16-25)27-5-9-40-35(6-1-2-7-35)31(42)28(27)11-20-10-22-12-23-17-34(18-24(23)15-30(22)39-19-20)29-4-3-8-38-32(29)41-33(34)43/h3-4,8,10,12-16,19,27-28,40H,1-2,5-7,9,11,17-18H2,(H,38,41,43)/t27-,28?,34-/m0/s1. The molecule has 0 radical (unpaired) electrons. The Morgan fingerprint density at radius 1 is 0.930 bits per heavy atom. The van der Waals surface area contributed by atoms with Crippen LogP contribution in [0.5, 0.6) is 0 Å². The van der Waals surface area contributed by atoms with Crippen LogP contribution in [0.2, 0.25) is 0 Å². The SMILES string of the molecule is O=C1C(Cc2cnc3cc4c(cc3c2)C[C@@]2(C4)C(=O)Nc3ncccc32)[C@H](c2cc(F)cc(F)c2)CCNC12CCCC2. The minimum Gasteiger partial charge on any atom is -0.310 e. The van der Waals surface area contributed by atoms with E-state index >= 15 is 0 Å². The molecule has 4 heterocycles. The Balaban J connectivity index is 1.15. The van der Waals surface area contributed by atoms with Crippen molar-refractivity contribution in [2.45, 2.75) is 68.2 Å². The number of carbonyl (C=O) groups is 2. The van der Waals surface area contributed by atoms with Crippen LogP contribution in [-0.4, -0.2) is 33.7 Å². The molecule has 8 heteroatoms. The molecule has 4 aromatic rings. The van der Waals surface area contributed by atoms with Crippen molar-refractivity contribution < 1.29 is 18.4 Å². The van der Waals surface area contributed by atoms with Crippen molar-refractivity contribution in [2.75, 3.05) is 11.9 Å². The highest BCUT2D eigenvalue weighted by Crippen LogP contribution is 2.47. The highest BCUT2D eigenvalue weighted by molar-refractivity contribution is 6.06. The van der Waals surface area contributed by atoms with Gasteiger partial charge in [-0.1, -0.05) is 18.9 Å². The van der Waals surface area contributed by atoms with Gasteiger partial charge < -0.3 is 10.6 Å². The van der Waals surface area contributed by atoms with Gasteiger partial charge >= 0.3 is 0 Å². The first-order valence-corrected chi connectivity index (χ1v) is 15.3. The monoisotopic (exact) mass is 578 g/mol. The lowest BCUT2D eigenvalue weighted by molar-refractivity contribution is -0.129. The third kappa shape index (κ3) is 4.21. The Morgan fingerprint density at radius 2 is 1.70 bits per heavy atom. The molecule has 1 amide bonds. The number of halogens is 2. The van der Waals surface area contributed by atoms with E-state index in [9.17, 15) is 18.4 Å². The van der Waals surface area contributed by atoms with Crippen molar-refractivity contribution in [3.05, 3.63) is 100 Å². The van der Waals surface area contributed by atoms with Crippen LogP contribution in [0, 0.1) is 17.6 Å². The van der Waals surface area contributed by atoms with E-state index in [1.807, 2.05) is 18.3 Å². The van der Waals surface area contributed by atoms with Crippen LogP contribution in [0.15, 0.2) is 60.9 Å². The Kier molecular flexibility index (Phi) is 6.02. The quantitative estimate of drug-likeness (QED) is 0.325. The first kappa shape index (κ1) is 26.6. The van der Waals surface area contributed by atoms with E-state index in [1.165, 1.54) is 12.1 Å². The average Bonchev–Trinajstić information content (AvgIpc) is 3.66. The molecule has 2 aliphatic heterocycles. The number of anilines is 1. The molecule has 2 fully saturated rings. The molecule has 8 rings (SSSR count). The lowest BCUT2D eigenvalue weighted by Gasteiger charge is -2.32. The van der Waals surface area contributed by atoms with Gasteiger partial charge in [0.25, 0.3) is 0 Å². The highest BCUT2D eigenvalue weighted by atomic mass is 19.1. The zero-order valence-electron chi connectivity index (χ0n) is 23.8. The molecule has 2 aromatic heterocycles. The van der Waals surface area contributed by atoms with Crippen molar-refractivity contribution in [1.82, 2.24) is 15.3 Å². The smallest absolute Gasteiger partial charge is 0.237 e. The number of nitrogens with zero attached hydrogens (tertiary/aromatic N) is 2. The third-order valence-corrected chi connectivity index (χ3v) is 10.5. The Hall–Kier alpha value is -4.04. The molecule has 3 atom stereocenters. The number of fused-ring (bicyclic) bond motifs is 4. The molecule has 1 saturated heterocycles. The van der Waals surface area contributed by atoms with E-state index < -0.39 is 28.5 Å². The van der Waals surface area contributed by atoms with Gasteiger partial charge in [-0.15, -0.1) is 0 Å². The molecular weight excluding hydrogens is 546 g/mol. The van der Waals surface area contributed by atoms with Gasteiger partial charge in [0.2, 0.25) is 5.91 Å². The number of benzene rings is 2. The number of amides is 1. The molecule has 2 spiro atoms. The second-order valence-electron chi connectivity index (χ2n) is 12.9. The van der Waals surface area contributed by atoms with E-state index in [1.54, 1.807) is 6.20 Å². The molecule has 1 unspecified atom stereocenters. The third-order valence-electron chi connectivity index (χ3n) is 10.5. The van der Waals surface area contributed by atoms with Gasteiger partial charge in [-0.3, -0.25) is 14.6 Å². The Morgan fingerprint density at radius 3 is 2.49 bits per heavy atom. The summed E-state index contributed by atoms with van der Waals surface area (Å²) in [4.78, 5) is 36.7. The second kappa shape index (κ2) is 9.74. The Labute approximate surface area is 248 Å². The van der Waals surface area contributed by atoms with Gasteiger partial charge in [0, 0.05) is 35.3 Å². The number of carbonyl (C=O) groups excluding carboxylic acids is 2. The summed E-state index contributed by atoms with van der Waals surface area (Å²) in [5.41, 5.74) is 4.24. The van der Waals surface area contributed by atoms with Crippen LogP contribution in [0.1, 0.15) is 65.8 Å². The Bertz CT molecular complexity index is 1800. The summed E-state index contributed by atoms with van der Waals surface area (Å²) in [6.07, 6.45) is 9.36. The van der Waals surface area contributed by atoms with E-state index in [-0.39, 0.29) is 17.6 Å². The predicted octanol–water partition coefficient (Wildman–Crippen LogP) is 5.71. The van der Waals surface area contributed by atoms with Crippen LogP contribution >= 0.6 is 0 Å². The lowest BCUT2D eigenvalue weighted by atomic mass is 9.73. The lowest BCUT2D eigenvalue weighted by Crippen LogP contribution is -2.51. The van der Waals surface area contributed by atoms with Crippen molar-refractivity contribution >= 4 is 28.4 Å². The van der Waals surface area contributed by atoms with Crippen LogP contribution in [0.25, 0.3) is 10.9 Å². The summed E-state index contributed by atoms with van der Waals surface area (Å²) < 4.78 is 28.7. The number of Topliss-reactive ketones (excluding diaryl/α,β-unsaturated/α-hetero) is 1. The fourth-order valence-corrected chi connectivity index (χ4v) is 8.43. The summed E-state index contributed by atoms with van der Waals surface area (Å²) >= 11 is 0. The molecule has 6 nitrogen and oxygen atoms in total. The normalized spacial score (nSPS) is 25.7. The molecule has 2 N–H and O–H groups in total. The van der Waals surface area contributed by atoms with E-state index in [0.29, 0.717) is 43.6 Å². The zero-order chi connectivity index (χ0) is 29.3. The van der Waals surface area contributed by atoms with Gasteiger partial charge in [-0.25, -0.2) is 13.8 Å². The van der Waals surface area contributed by atoms with E-state index in [2.05, 4.69) is 33.8 Å². The van der Waals surface area contributed by atoms with E-state index in [0.717, 1.165) is 64.9 Å². The number of pyridine rings is 2. The summed E-state index contributed by atoms with van der Waals surface area (Å²) in [6.45, 7) is 0.626. The molecular formula is C35H32F2N4O2. The van der Waals surface area contributed by atoms with Crippen molar-refractivity contribution in [1.29, 1.82) is 0 Å². The van der Waals surface area contributed by atoms with Gasteiger partial charge in [-0.05, 0) is 110 Å². The first-order valence-electron chi connectivity index (χ1n) is 15.3. The molecule has 0 bridgehead atoms. The van der Waals surface area contributed by atoms with Crippen LogP contribution in [0.3, 0.4) is 0 Å². The van der Waals surface area contributed by atoms with Crippen molar-refractivity contribution in [2.24, 2.45) is 5.92 Å². The summed E-state index contributed by atoms with van der Waals surface area (Å²) in [6, 6.07) is 13.8. The summed E-state index contributed by atoms with van der Waals surface area (Å²) in [5.74, 6) is -1.22. The van der Waals surface area contributed by atoms with Crippen molar-refractivity contribution in [3.8, 4) is 0 Å². The van der Waals surface area contributed by atoms with Gasteiger partial charge in [-0.2, -0.15) is 0 Å².